The van der Waals surface area contributed by atoms with E-state index in [1.54, 1.807) is 29.2 Å². The van der Waals surface area contributed by atoms with Gasteiger partial charge in [-0.05, 0) is 54.7 Å². The number of benzene rings is 2. The molecule has 5 nitrogen and oxygen atoms in total. The fraction of sp³-hybridized carbons (Fsp3) is 0.350. The highest BCUT2D eigenvalue weighted by Gasteiger charge is 2.22. The Kier molecular flexibility index (Phi) is 5.32. The lowest BCUT2D eigenvalue weighted by molar-refractivity contribution is 0.0792. The second-order valence-corrected chi connectivity index (χ2v) is 8.59. The van der Waals surface area contributed by atoms with E-state index in [0.29, 0.717) is 17.2 Å². The van der Waals surface area contributed by atoms with Crippen molar-refractivity contribution in [2.24, 2.45) is 0 Å². The minimum atomic E-state index is -3.75. The van der Waals surface area contributed by atoms with Gasteiger partial charge in [0.1, 0.15) is 0 Å². The van der Waals surface area contributed by atoms with Gasteiger partial charge >= 0.3 is 0 Å². The average molecular weight is 372 g/mol. The van der Waals surface area contributed by atoms with Crippen LogP contribution >= 0.6 is 0 Å². The maximum absolute atomic E-state index is 12.7. The van der Waals surface area contributed by atoms with Gasteiger partial charge in [0.05, 0.1) is 4.90 Å². The first kappa shape index (κ1) is 18.5. The molecule has 0 unspecified atom stereocenters. The van der Waals surface area contributed by atoms with Crippen molar-refractivity contribution in [2.45, 2.75) is 37.5 Å². The average Bonchev–Trinajstić information content (AvgIpc) is 3.16. The molecule has 1 saturated heterocycles. The number of amides is 1. The molecule has 2 aromatic carbocycles. The molecule has 0 bridgehead atoms. The van der Waals surface area contributed by atoms with Crippen molar-refractivity contribution in [3.05, 3.63) is 59.7 Å². The molecule has 1 heterocycles. The first-order valence-corrected chi connectivity index (χ1v) is 10.4. The van der Waals surface area contributed by atoms with Crippen LogP contribution in [-0.2, 0) is 10.0 Å². The Labute approximate surface area is 155 Å². The third kappa shape index (κ3) is 4.07. The van der Waals surface area contributed by atoms with Crippen LogP contribution in [0.5, 0.6) is 0 Å². The first-order chi connectivity index (χ1) is 12.4. The minimum absolute atomic E-state index is 0.0930. The van der Waals surface area contributed by atoms with Crippen LogP contribution in [0.15, 0.2) is 53.4 Å². The smallest absolute Gasteiger partial charge is 0.261 e. The number of nitrogens with one attached hydrogen (secondary N) is 1. The van der Waals surface area contributed by atoms with Crippen LogP contribution in [-0.4, -0.2) is 32.3 Å². The van der Waals surface area contributed by atoms with E-state index in [-0.39, 0.29) is 10.8 Å². The zero-order valence-electron chi connectivity index (χ0n) is 15.1. The number of rotatable bonds is 5. The van der Waals surface area contributed by atoms with E-state index < -0.39 is 10.0 Å². The quantitative estimate of drug-likeness (QED) is 0.867. The van der Waals surface area contributed by atoms with Gasteiger partial charge in [-0.3, -0.25) is 9.52 Å². The molecule has 2 aromatic rings. The van der Waals surface area contributed by atoms with Crippen molar-refractivity contribution in [1.82, 2.24) is 4.90 Å². The number of hydrogen-bond donors (Lipinski definition) is 1. The number of sulfonamides is 1. The molecular formula is C20H24N2O3S. The van der Waals surface area contributed by atoms with Gasteiger partial charge in [0, 0.05) is 24.3 Å². The predicted octanol–water partition coefficient (Wildman–Crippen LogP) is 3.85. The third-order valence-corrected chi connectivity index (χ3v) is 5.99. The van der Waals surface area contributed by atoms with Crippen molar-refractivity contribution in [3.63, 3.8) is 0 Å². The number of carbonyl (C=O) groups is 1. The van der Waals surface area contributed by atoms with Gasteiger partial charge < -0.3 is 4.90 Å². The molecule has 1 aliphatic heterocycles. The Morgan fingerprint density at radius 3 is 2.31 bits per heavy atom. The van der Waals surface area contributed by atoms with Crippen LogP contribution in [0.25, 0.3) is 0 Å². The molecule has 1 N–H and O–H groups in total. The molecule has 0 aromatic heterocycles. The van der Waals surface area contributed by atoms with E-state index in [4.69, 9.17) is 0 Å². The summed E-state index contributed by atoms with van der Waals surface area (Å²) >= 11 is 0. The van der Waals surface area contributed by atoms with Crippen LogP contribution < -0.4 is 4.72 Å². The Morgan fingerprint density at radius 2 is 1.69 bits per heavy atom. The standard InChI is InChI=1S/C20H24N2O3S/c1-15(2)16-8-10-18(11-9-16)21-26(24,25)19-7-5-6-17(14-19)20(23)22-12-3-4-13-22/h5-11,14-15,21H,3-4,12-13H2,1-2H3. The second-order valence-electron chi connectivity index (χ2n) is 6.91. The molecule has 3 rings (SSSR count). The van der Waals surface area contributed by atoms with Crippen molar-refractivity contribution in [3.8, 4) is 0 Å². The largest absolute Gasteiger partial charge is 0.339 e. The number of hydrogen-bond acceptors (Lipinski definition) is 3. The van der Waals surface area contributed by atoms with Gasteiger partial charge in [0.15, 0.2) is 0 Å². The minimum Gasteiger partial charge on any atom is -0.339 e. The summed E-state index contributed by atoms with van der Waals surface area (Å²) in [4.78, 5) is 14.4. The molecule has 1 amide bonds. The summed E-state index contributed by atoms with van der Waals surface area (Å²) in [7, 11) is -3.75. The SMILES string of the molecule is CC(C)c1ccc(NS(=O)(=O)c2cccc(C(=O)N3CCCC3)c2)cc1. The topological polar surface area (TPSA) is 66.5 Å². The second kappa shape index (κ2) is 7.50. The zero-order valence-corrected chi connectivity index (χ0v) is 15.9. The molecule has 138 valence electrons. The molecule has 0 spiro atoms. The third-order valence-electron chi connectivity index (χ3n) is 4.61. The van der Waals surface area contributed by atoms with Crippen LogP contribution in [0.1, 0.15) is 48.5 Å². The van der Waals surface area contributed by atoms with Crippen molar-refractivity contribution in [2.75, 3.05) is 17.8 Å². The number of anilines is 1. The van der Waals surface area contributed by atoms with Crippen LogP contribution in [0.4, 0.5) is 5.69 Å². The lowest BCUT2D eigenvalue weighted by atomic mass is 10.0. The van der Waals surface area contributed by atoms with Crippen molar-refractivity contribution in [1.29, 1.82) is 0 Å². The Balaban J connectivity index is 1.80. The Hall–Kier alpha value is -2.34. The number of carbonyl (C=O) groups excluding carboxylic acids is 1. The van der Waals surface area contributed by atoms with Crippen LogP contribution in [0.2, 0.25) is 0 Å². The van der Waals surface area contributed by atoms with Gasteiger partial charge in [0.25, 0.3) is 15.9 Å². The zero-order chi connectivity index (χ0) is 18.7. The molecule has 0 radical (unpaired) electrons. The van der Waals surface area contributed by atoms with Crippen molar-refractivity contribution >= 4 is 21.6 Å². The monoisotopic (exact) mass is 372 g/mol. The van der Waals surface area contributed by atoms with E-state index in [1.165, 1.54) is 12.1 Å². The fourth-order valence-corrected chi connectivity index (χ4v) is 4.15. The summed E-state index contributed by atoms with van der Waals surface area (Å²) in [6.45, 7) is 5.64. The van der Waals surface area contributed by atoms with Gasteiger partial charge in [-0.25, -0.2) is 8.42 Å². The Bertz CT molecular complexity index is 884. The number of nitrogens with zero attached hydrogens (tertiary/aromatic N) is 1. The first-order valence-electron chi connectivity index (χ1n) is 8.89. The Morgan fingerprint density at radius 1 is 1.04 bits per heavy atom. The highest BCUT2D eigenvalue weighted by molar-refractivity contribution is 7.92. The van der Waals surface area contributed by atoms with Gasteiger partial charge in [-0.2, -0.15) is 0 Å². The van der Waals surface area contributed by atoms with Gasteiger partial charge in [-0.15, -0.1) is 0 Å². The molecule has 1 fully saturated rings. The van der Waals surface area contributed by atoms with Gasteiger partial charge in [0.2, 0.25) is 0 Å². The summed E-state index contributed by atoms with van der Waals surface area (Å²) in [6.07, 6.45) is 2.00. The molecule has 1 aliphatic rings. The normalized spacial score (nSPS) is 14.7. The maximum atomic E-state index is 12.7. The molecule has 6 heteroatoms. The highest BCUT2D eigenvalue weighted by atomic mass is 32.2. The van der Waals surface area contributed by atoms with E-state index in [9.17, 15) is 13.2 Å². The summed E-state index contributed by atoms with van der Waals surface area (Å²) in [5.74, 6) is 0.273. The summed E-state index contributed by atoms with van der Waals surface area (Å²) in [5.41, 5.74) is 2.06. The van der Waals surface area contributed by atoms with Crippen LogP contribution in [0, 0.1) is 0 Å². The fourth-order valence-electron chi connectivity index (χ4n) is 3.05. The van der Waals surface area contributed by atoms with Crippen LogP contribution in [0.3, 0.4) is 0 Å². The van der Waals surface area contributed by atoms with Gasteiger partial charge in [-0.1, -0.05) is 32.0 Å². The summed E-state index contributed by atoms with van der Waals surface area (Å²) < 4.78 is 27.9. The van der Waals surface area contributed by atoms with E-state index in [1.807, 2.05) is 12.1 Å². The molecule has 26 heavy (non-hydrogen) atoms. The molecule has 0 saturated carbocycles. The van der Waals surface area contributed by atoms with E-state index in [2.05, 4.69) is 18.6 Å². The molecular weight excluding hydrogens is 348 g/mol. The van der Waals surface area contributed by atoms with E-state index in [0.717, 1.165) is 31.5 Å². The maximum Gasteiger partial charge on any atom is 0.261 e. The predicted molar refractivity (Wildman–Crippen MR) is 103 cm³/mol. The number of likely N-dealkylation sites (tertiary alicyclic amines) is 1. The molecule has 0 atom stereocenters. The lowest BCUT2D eigenvalue weighted by Crippen LogP contribution is -2.27. The lowest BCUT2D eigenvalue weighted by Gasteiger charge is -2.16. The van der Waals surface area contributed by atoms with E-state index >= 15 is 0 Å². The highest BCUT2D eigenvalue weighted by Crippen LogP contribution is 2.21. The summed E-state index contributed by atoms with van der Waals surface area (Å²) in [5, 5.41) is 0. The van der Waals surface area contributed by atoms with Crippen molar-refractivity contribution < 1.29 is 13.2 Å². The summed E-state index contributed by atoms with van der Waals surface area (Å²) in [6, 6.07) is 13.6. The molecule has 0 aliphatic carbocycles.